The third-order valence-corrected chi connectivity index (χ3v) is 9.56. The predicted molar refractivity (Wildman–Crippen MR) is 173 cm³/mol. The van der Waals surface area contributed by atoms with Crippen LogP contribution in [0, 0.1) is 5.41 Å². The number of fused-ring (bicyclic) bond motifs is 1. The Morgan fingerprint density at radius 1 is 0.881 bits per heavy atom. The highest BCUT2D eigenvalue weighted by molar-refractivity contribution is 7.99. The fourth-order valence-electron chi connectivity index (χ4n) is 6.45. The van der Waals surface area contributed by atoms with Gasteiger partial charge in [0.05, 0.1) is 11.3 Å². The predicted octanol–water partition coefficient (Wildman–Crippen LogP) is 6.81. The number of benzene rings is 2. The highest BCUT2D eigenvalue weighted by Crippen LogP contribution is 2.42. The van der Waals surface area contributed by atoms with E-state index in [0.29, 0.717) is 11.2 Å². The number of imidazole rings is 1. The van der Waals surface area contributed by atoms with Crippen molar-refractivity contribution < 1.29 is 0 Å². The van der Waals surface area contributed by atoms with Crippen molar-refractivity contribution in [1.29, 1.82) is 0 Å². The summed E-state index contributed by atoms with van der Waals surface area (Å²) in [5.41, 5.74) is 13.5. The maximum absolute atomic E-state index is 6.34. The fraction of sp³-hybridized carbons (Fsp3) is 0.265. The van der Waals surface area contributed by atoms with Crippen LogP contribution in [0.3, 0.4) is 0 Å². The van der Waals surface area contributed by atoms with Crippen LogP contribution in [0.15, 0.2) is 97.0 Å². The molecule has 2 aliphatic heterocycles. The highest BCUT2D eigenvalue weighted by atomic mass is 32.2. The SMILES string of the molecule is C=CSN1CCC2(CCN(Cc3ccc(-n4c(-c5cccnc5N)nc5ccc(-c6ccccc6)nc54)cc3)CC2)C1. The van der Waals surface area contributed by atoms with Crippen LogP contribution < -0.4 is 5.73 Å². The summed E-state index contributed by atoms with van der Waals surface area (Å²) in [4.78, 5) is 17.0. The van der Waals surface area contributed by atoms with E-state index < -0.39 is 0 Å². The van der Waals surface area contributed by atoms with Gasteiger partial charge in [-0.2, -0.15) is 0 Å². The lowest BCUT2D eigenvalue weighted by Crippen LogP contribution is -2.40. The van der Waals surface area contributed by atoms with Crippen LogP contribution in [0.4, 0.5) is 5.82 Å². The molecule has 5 aromatic rings. The van der Waals surface area contributed by atoms with E-state index in [1.54, 1.807) is 18.1 Å². The first kappa shape index (κ1) is 26.9. The number of nitrogen functional groups attached to an aromatic ring is 1. The molecule has 2 saturated heterocycles. The molecule has 0 saturated carbocycles. The van der Waals surface area contributed by atoms with Gasteiger partial charge in [0, 0.05) is 37.1 Å². The van der Waals surface area contributed by atoms with Crippen molar-refractivity contribution in [2.45, 2.75) is 25.8 Å². The van der Waals surface area contributed by atoms with Crippen LogP contribution in [0.2, 0.25) is 0 Å². The van der Waals surface area contributed by atoms with Gasteiger partial charge in [0.1, 0.15) is 11.3 Å². The van der Waals surface area contributed by atoms with Gasteiger partial charge in [0.15, 0.2) is 11.5 Å². The van der Waals surface area contributed by atoms with Gasteiger partial charge in [0.25, 0.3) is 0 Å². The summed E-state index contributed by atoms with van der Waals surface area (Å²) in [5.74, 6) is 1.19. The zero-order valence-corrected chi connectivity index (χ0v) is 24.5. The molecule has 0 unspecified atom stereocenters. The molecule has 212 valence electrons. The number of nitrogens with zero attached hydrogens (tertiary/aromatic N) is 6. The van der Waals surface area contributed by atoms with Crippen LogP contribution in [0.5, 0.6) is 0 Å². The Balaban J connectivity index is 1.17. The second kappa shape index (κ2) is 11.4. The first-order chi connectivity index (χ1) is 20.6. The smallest absolute Gasteiger partial charge is 0.165 e. The van der Waals surface area contributed by atoms with Gasteiger partial charge in [-0.3, -0.25) is 9.47 Å². The van der Waals surface area contributed by atoms with Gasteiger partial charge in [-0.15, -0.1) is 0 Å². The third kappa shape index (κ3) is 5.22. The molecule has 2 aliphatic rings. The molecule has 0 aliphatic carbocycles. The van der Waals surface area contributed by atoms with Crippen LogP contribution in [0.1, 0.15) is 24.8 Å². The van der Waals surface area contributed by atoms with E-state index in [1.807, 2.05) is 47.9 Å². The molecule has 7 nitrogen and oxygen atoms in total. The number of rotatable bonds is 7. The Labute approximate surface area is 251 Å². The lowest BCUT2D eigenvalue weighted by atomic mass is 9.78. The van der Waals surface area contributed by atoms with E-state index in [9.17, 15) is 0 Å². The average Bonchev–Trinajstić information content (AvgIpc) is 3.60. The molecule has 0 bridgehead atoms. The number of nitrogens with two attached hydrogens (primary N) is 1. The molecule has 2 aromatic carbocycles. The van der Waals surface area contributed by atoms with Crippen molar-refractivity contribution in [1.82, 2.24) is 28.7 Å². The lowest BCUT2D eigenvalue weighted by molar-refractivity contribution is 0.110. The molecule has 5 heterocycles. The zero-order valence-electron chi connectivity index (χ0n) is 23.7. The lowest BCUT2D eigenvalue weighted by Gasteiger charge is -2.39. The average molecular weight is 574 g/mol. The van der Waals surface area contributed by atoms with E-state index in [-0.39, 0.29) is 0 Å². The van der Waals surface area contributed by atoms with Gasteiger partial charge < -0.3 is 5.73 Å². The maximum atomic E-state index is 6.34. The van der Waals surface area contributed by atoms with E-state index in [4.69, 9.17) is 15.7 Å². The van der Waals surface area contributed by atoms with Gasteiger partial charge in [-0.1, -0.05) is 61.0 Å². The summed E-state index contributed by atoms with van der Waals surface area (Å²) < 4.78 is 4.59. The molecule has 8 heteroatoms. The minimum Gasteiger partial charge on any atom is -0.383 e. The molecule has 3 aromatic heterocycles. The number of aromatic nitrogens is 4. The monoisotopic (exact) mass is 573 g/mol. The summed E-state index contributed by atoms with van der Waals surface area (Å²) in [6.45, 7) is 9.52. The van der Waals surface area contributed by atoms with Gasteiger partial charge in [-0.25, -0.2) is 19.3 Å². The molecular weight excluding hydrogens is 538 g/mol. The second-order valence-electron chi connectivity index (χ2n) is 11.4. The van der Waals surface area contributed by atoms with Crippen LogP contribution in [0.25, 0.3) is 39.5 Å². The van der Waals surface area contributed by atoms with Crippen molar-refractivity contribution in [3.63, 3.8) is 0 Å². The number of piperidine rings is 1. The summed E-state index contributed by atoms with van der Waals surface area (Å²) in [6, 6.07) is 27.0. The summed E-state index contributed by atoms with van der Waals surface area (Å²) in [7, 11) is 0. The standard InChI is InChI=1S/C34H35N7S/c1-2-42-40-22-18-34(24-40)16-20-39(21-17-34)23-25-10-12-27(13-11-25)41-32(28-9-6-19-36-31(28)35)38-30-15-14-29(37-33(30)41)26-7-4-3-5-8-26/h2-15,19H,1,16-18,20-24H2,(H2,35,36). The van der Waals surface area contributed by atoms with Crippen LogP contribution in [-0.4, -0.2) is 54.9 Å². The molecule has 42 heavy (non-hydrogen) atoms. The first-order valence-corrected chi connectivity index (χ1v) is 15.4. The number of hydrogen-bond donors (Lipinski definition) is 1. The minimum atomic E-state index is 0.449. The Morgan fingerprint density at radius 3 is 2.43 bits per heavy atom. The van der Waals surface area contributed by atoms with E-state index in [0.717, 1.165) is 59.1 Å². The molecule has 0 radical (unpaired) electrons. The molecule has 2 N–H and O–H groups in total. The number of anilines is 1. The van der Waals surface area contributed by atoms with Crippen molar-refractivity contribution in [3.05, 3.63) is 103 Å². The Bertz CT molecular complexity index is 1710. The van der Waals surface area contributed by atoms with Gasteiger partial charge in [0.2, 0.25) is 0 Å². The number of pyridine rings is 2. The maximum Gasteiger partial charge on any atom is 0.165 e. The quantitative estimate of drug-likeness (QED) is 0.214. The van der Waals surface area contributed by atoms with Crippen molar-refractivity contribution in [2.24, 2.45) is 5.41 Å². The second-order valence-corrected chi connectivity index (χ2v) is 12.5. The highest BCUT2D eigenvalue weighted by Gasteiger charge is 2.40. The van der Waals surface area contributed by atoms with E-state index in [2.05, 4.69) is 61.7 Å². The number of hydrogen-bond acceptors (Lipinski definition) is 7. The molecule has 0 amide bonds. The Hall–Kier alpha value is -3.98. The Morgan fingerprint density at radius 2 is 1.67 bits per heavy atom. The summed E-state index contributed by atoms with van der Waals surface area (Å²) in [6.07, 6.45) is 5.55. The summed E-state index contributed by atoms with van der Waals surface area (Å²) in [5, 5.41) is 1.96. The summed E-state index contributed by atoms with van der Waals surface area (Å²) >= 11 is 1.77. The normalized spacial score (nSPS) is 17.2. The topological polar surface area (TPSA) is 76.1 Å². The van der Waals surface area contributed by atoms with Crippen molar-refractivity contribution in [2.75, 3.05) is 31.9 Å². The molecule has 7 rings (SSSR count). The zero-order chi connectivity index (χ0) is 28.5. The van der Waals surface area contributed by atoms with Crippen molar-refractivity contribution >= 4 is 28.9 Å². The third-order valence-electron chi connectivity index (χ3n) is 8.80. The van der Waals surface area contributed by atoms with E-state index in [1.165, 1.54) is 37.9 Å². The number of likely N-dealkylation sites (tertiary alicyclic amines) is 1. The van der Waals surface area contributed by atoms with Crippen LogP contribution >= 0.6 is 11.9 Å². The molecular formula is C34H35N7S. The van der Waals surface area contributed by atoms with E-state index >= 15 is 0 Å². The van der Waals surface area contributed by atoms with Crippen LogP contribution in [-0.2, 0) is 6.54 Å². The largest absolute Gasteiger partial charge is 0.383 e. The van der Waals surface area contributed by atoms with Crippen molar-refractivity contribution in [3.8, 4) is 28.3 Å². The molecule has 2 fully saturated rings. The fourth-order valence-corrected chi connectivity index (χ4v) is 7.21. The Kier molecular flexibility index (Phi) is 7.27. The van der Waals surface area contributed by atoms with Gasteiger partial charge in [-0.05, 0) is 85.1 Å². The molecule has 1 spiro atoms. The minimum absolute atomic E-state index is 0.449. The first-order valence-electron chi connectivity index (χ1n) is 14.6. The van der Waals surface area contributed by atoms with Gasteiger partial charge >= 0.3 is 0 Å². The molecule has 0 atom stereocenters.